The number of benzene rings is 3. The van der Waals surface area contributed by atoms with Crippen molar-refractivity contribution in [3.63, 3.8) is 0 Å². The first-order valence-electron chi connectivity index (χ1n) is 17.5. The van der Waals surface area contributed by atoms with Gasteiger partial charge in [0.15, 0.2) is 23.0 Å². The number of carbonyl (C=O) groups excluding carboxylic acids is 2. The number of phenolic OH excluding ortho intramolecular Hbond substituents is 2. The lowest BCUT2D eigenvalue weighted by Crippen LogP contribution is -2.49. The zero-order valence-corrected chi connectivity index (χ0v) is 29.2. The van der Waals surface area contributed by atoms with E-state index in [1.807, 2.05) is 36.4 Å². The molecule has 0 heterocycles. The number of hydrogen-bond donors (Lipinski definition) is 2. The van der Waals surface area contributed by atoms with E-state index in [1.54, 1.807) is 12.1 Å². The summed E-state index contributed by atoms with van der Waals surface area (Å²) in [5.74, 6) is -0.0275. The molecule has 8 heteroatoms. The minimum absolute atomic E-state index is 0.0506. The van der Waals surface area contributed by atoms with Gasteiger partial charge in [0.1, 0.15) is 12.2 Å². The number of esters is 2. The van der Waals surface area contributed by atoms with Gasteiger partial charge in [0, 0.05) is 25.7 Å². The molecule has 262 valence electrons. The molecule has 49 heavy (non-hydrogen) atoms. The third-order valence-corrected chi connectivity index (χ3v) is 10.2. The second kappa shape index (κ2) is 16.3. The molecule has 8 nitrogen and oxygen atoms in total. The number of hydrogen-bond acceptors (Lipinski definition) is 8. The molecule has 2 N–H and O–H groups in total. The number of ether oxygens (including phenoxy) is 4. The van der Waals surface area contributed by atoms with Gasteiger partial charge < -0.3 is 29.2 Å². The van der Waals surface area contributed by atoms with Crippen molar-refractivity contribution in [3.8, 4) is 23.0 Å². The number of unbranched alkanes of at least 4 members (excludes halogenated alkanes) is 3. The standard InChI is InChI=1S/C41H50O8/c1-5-6-7-11-14-40(45)49-33-19-31(29-15-16-35(43)38(22-29)46-3)25-41(18-17-28-12-9-8-10-13-28)26-32-21-36(44)39(47-4)23-30(32)20-34(41)37(24-33)48-27(2)42/h8-10,12-13,15-18,21-23,31,33-34,37,43-44H,5-7,11,14,19-20,24-26H2,1-4H3/b18-17-/t31-,33+,34+,37-,41-/m1/s1. The molecular formula is C41H50O8. The van der Waals surface area contributed by atoms with E-state index in [2.05, 4.69) is 31.2 Å². The SMILES string of the molecule is CCCCCCC(=O)O[C@H]1C[C@@H](c2ccc(O)c(OC)c2)C[C@]2(/C=C\c3ccccc3)Cc3cc(O)c(OC)cc3C[C@H]2[C@H](OC(C)=O)C1. The van der Waals surface area contributed by atoms with E-state index in [4.69, 9.17) is 18.9 Å². The highest BCUT2D eigenvalue weighted by molar-refractivity contribution is 5.69. The summed E-state index contributed by atoms with van der Waals surface area (Å²) in [4.78, 5) is 26.0. The first kappa shape index (κ1) is 35.8. The maximum atomic E-state index is 13.2. The van der Waals surface area contributed by atoms with Crippen molar-refractivity contribution in [1.82, 2.24) is 0 Å². The normalized spacial score (nSPS) is 23.4. The minimum atomic E-state index is -0.543. The van der Waals surface area contributed by atoms with Crippen LogP contribution in [0, 0.1) is 11.3 Å². The molecule has 0 saturated heterocycles. The van der Waals surface area contributed by atoms with Gasteiger partial charge >= 0.3 is 11.9 Å². The van der Waals surface area contributed by atoms with Crippen LogP contribution in [0.4, 0.5) is 0 Å². The highest BCUT2D eigenvalue weighted by Gasteiger charge is 2.50. The molecule has 0 unspecified atom stereocenters. The van der Waals surface area contributed by atoms with Crippen LogP contribution in [0.3, 0.4) is 0 Å². The number of rotatable bonds is 12. The second-order valence-electron chi connectivity index (χ2n) is 13.6. The third-order valence-electron chi connectivity index (χ3n) is 10.2. The van der Waals surface area contributed by atoms with E-state index in [9.17, 15) is 19.8 Å². The zero-order valence-electron chi connectivity index (χ0n) is 29.2. The predicted molar refractivity (Wildman–Crippen MR) is 189 cm³/mol. The lowest BCUT2D eigenvalue weighted by Gasteiger charge is -2.50. The van der Waals surface area contributed by atoms with Crippen LogP contribution in [-0.4, -0.2) is 48.6 Å². The van der Waals surface area contributed by atoms with Crippen LogP contribution >= 0.6 is 0 Å². The molecule has 0 spiro atoms. The molecule has 0 amide bonds. The van der Waals surface area contributed by atoms with Gasteiger partial charge in [-0.3, -0.25) is 9.59 Å². The van der Waals surface area contributed by atoms with Gasteiger partial charge in [0.25, 0.3) is 0 Å². The van der Waals surface area contributed by atoms with E-state index in [0.717, 1.165) is 47.9 Å². The number of allylic oxidation sites excluding steroid dienone is 1. The van der Waals surface area contributed by atoms with E-state index in [0.29, 0.717) is 50.0 Å². The number of aromatic hydroxyl groups is 2. The van der Waals surface area contributed by atoms with Gasteiger partial charge in [0.2, 0.25) is 0 Å². The highest BCUT2D eigenvalue weighted by atomic mass is 16.6. The average Bonchev–Trinajstić information content (AvgIpc) is 3.08. The van der Waals surface area contributed by atoms with Gasteiger partial charge in [-0.05, 0) is 90.0 Å². The molecule has 5 atom stereocenters. The van der Waals surface area contributed by atoms with Crippen molar-refractivity contribution < 1.29 is 38.7 Å². The van der Waals surface area contributed by atoms with Crippen molar-refractivity contribution in [2.24, 2.45) is 11.3 Å². The van der Waals surface area contributed by atoms with Crippen LogP contribution in [0.1, 0.15) is 93.4 Å². The molecule has 0 bridgehead atoms. The Labute approximate surface area is 290 Å². The topological polar surface area (TPSA) is 112 Å². The molecule has 1 saturated carbocycles. The molecule has 5 rings (SSSR count). The zero-order chi connectivity index (χ0) is 35.0. The Bertz CT molecular complexity index is 1620. The van der Waals surface area contributed by atoms with Crippen LogP contribution in [0.25, 0.3) is 6.08 Å². The summed E-state index contributed by atoms with van der Waals surface area (Å²) in [7, 11) is 3.06. The summed E-state index contributed by atoms with van der Waals surface area (Å²) >= 11 is 0. The molecule has 0 radical (unpaired) electrons. The fraction of sp³-hybridized carbons (Fsp3) is 0.463. The Hall–Kier alpha value is -4.46. The minimum Gasteiger partial charge on any atom is -0.504 e. The molecule has 0 aromatic heterocycles. The summed E-state index contributed by atoms with van der Waals surface area (Å²) in [5.41, 5.74) is 3.50. The monoisotopic (exact) mass is 670 g/mol. The van der Waals surface area contributed by atoms with Crippen molar-refractivity contribution in [2.75, 3.05) is 14.2 Å². The molecule has 1 fully saturated rings. The van der Waals surface area contributed by atoms with Gasteiger partial charge in [0.05, 0.1) is 14.2 Å². The fourth-order valence-corrected chi connectivity index (χ4v) is 7.86. The molecule has 2 aliphatic carbocycles. The Kier molecular flexibility index (Phi) is 11.9. The predicted octanol–water partition coefficient (Wildman–Crippen LogP) is 8.31. The van der Waals surface area contributed by atoms with E-state index in [1.165, 1.54) is 21.1 Å². The summed E-state index contributed by atoms with van der Waals surface area (Å²) in [6, 6.07) is 19.2. The molecular weight excluding hydrogens is 620 g/mol. The Morgan fingerprint density at radius 3 is 2.35 bits per heavy atom. The quantitative estimate of drug-likeness (QED) is 0.146. The maximum Gasteiger partial charge on any atom is 0.306 e. The van der Waals surface area contributed by atoms with Crippen molar-refractivity contribution >= 4 is 18.0 Å². The molecule has 3 aromatic carbocycles. The number of carbonyl (C=O) groups is 2. The van der Waals surface area contributed by atoms with E-state index >= 15 is 0 Å². The summed E-state index contributed by atoms with van der Waals surface area (Å²) < 4.78 is 23.4. The fourth-order valence-electron chi connectivity index (χ4n) is 7.86. The smallest absolute Gasteiger partial charge is 0.306 e. The summed E-state index contributed by atoms with van der Waals surface area (Å²) in [5, 5.41) is 21.3. The Morgan fingerprint density at radius 1 is 0.878 bits per heavy atom. The number of phenols is 2. The van der Waals surface area contributed by atoms with Crippen molar-refractivity contribution in [3.05, 3.63) is 89.0 Å². The van der Waals surface area contributed by atoms with Crippen LogP contribution in [0.2, 0.25) is 0 Å². The third kappa shape index (κ3) is 8.77. The summed E-state index contributed by atoms with van der Waals surface area (Å²) in [6.45, 7) is 3.57. The number of methoxy groups -OCH3 is 2. The number of fused-ring (bicyclic) bond motifs is 2. The molecule has 3 aromatic rings. The van der Waals surface area contributed by atoms with Crippen molar-refractivity contribution in [2.45, 2.75) is 96.2 Å². The lowest BCUT2D eigenvalue weighted by molar-refractivity contribution is -0.161. The van der Waals surface area contributed by atoms with Crippen LogP contribution in [0.15, 0.2) is 66.7 Å². The Morgan fingerprint density at radius 2 is 1.63 bits per heavy atom. The van der Waals surface area contributed by atoms with E-state index in [-0.39, 0.29) is 35.3 Å². The highest BCUT2D eigenvalue weighted by Crippen LogP contribution is 2.54. The van der Waals surface area contributed by atoms with E-state index < -0.39 is 17.6 Å². The first-order chi connectivity index (χ1) is 23.6. The van der Waals surface area contributed by atoms with Crippen LogP contribution < -0.4 is 9.47 Å². The van der Waals surface area contributed by atoms with Gasteiger partial charge in [-0.25, -0.2) is 0 Å². The maximum absolute atomic E-state index is 13.2. The van der Waals surface area contributed by atoms with Gasteiger partial charge in [-0.15, -0.1) is 0 Å². The molecule has 2 aliphatic rings. The summed E-state index contributed by atoms with van der Waals surface area (Å²) in [6.07, 6.45) is 10.2. The lowest BCUT2D eigenvalue weighted by atomic mass is 9.56. The Balaban J connectivity index is 1.64. The average molecular weight is 671 g/mol. The van der Waals surface area contributed by atoms with Gasteiger partial charge in [-0.1, -0.05) is 74.7 Å². The first-order valence-corrected chi connectivity index (χ1v) is 17.5. The van der Waals surface area contributed by atoms with Gasteiger partial charge in [-0.2, -0.15) is 0 Å². The van der Waals surface area contributed by atoms with Crippen LogP contribution in [-0.2, 0) is 31.9 Å². The molecule has 0 aliphatic heterocycles. The largest absolute Gasteiger partial charge is 0.504 e. The second-order valence-corrected chi connectivity index (χ2v) is 13.6. The van der Waals surface area contributed by atoms with Crippen molar-refractivity contribution in [1.29, 1.82) is 0 Å². The van der Waals surface area contributed by atoms with Crippen LogP contribution in [0.5, 0.6) is 23.0 Å².